The molecular weight excluding hydrogens is 216 g/mol. The lowest BCUT2D eigenvalue weighted by molar-refractivity contribution is 0.0589. The highest BCUT2D eigenvalue weighted by Crippen LogP contribution is 2.22. The molecule has 0 aliphatic heterocycles. The van der Waals surface area contributed by atoms with Gasteiger partial charge in [0.05, 0.1) is 19.8 Å². The van der Waals surface area contributed by atoms with Gasteiger partial charge in [0.2, 0.25) is 0 Å². The summed E-state index contributed by atoms with van der Waals surface area (Å²) >= 11 is 1.24. The summed E-state index contributed by atoms with van der Waals surface area (Å²) in [6, 6.07) is 0. The Morgan fingerprint density at radius 1 is 1.60 bits per heavy atom. The summed E-state index contributed by atoms with van der Waals surface area (Å²) < 4.78 is 9.89. The number of carbonyl (C=O) groups is 1. The lowest BCUT2D eigenvalue weighted by atomic mass is 10.4. The zero-order chi connectivity index (χ0) is 11.4. The molecule has 1 aromatic rings. The van der Waals surface area contributed by atoms with Crippen molar-refractivity contribution in [1.29, 1.82) is 0 Å². The van der Waals surface area contributed by atoms with Crippen molar-refractivity contribution in [3.8, 4) is 0 Å². The predicted molar refractivity (Wildman–Crippen MR) is 57.8 cm³/mol. The Labute approximate surface area is 92.2 Å². The van der Waals surface area contributed by atoms with Crippen molar-refractivity contribution < 1.29 is 14.3 Å². The van der Waals surface area contributed by atoms with Gasteiger partial charge in [-0.15, -0.1) is 0 Å². The van der Waals surface area contributed by atoms with Crippen LogP contribution in [-0.4, -0.2) is 24.2 Å². The third-order valence-electron chi connectivity index (χ3n) is 1.62. The third-order valence-corrected chi connectivity index (χ3v) is 2.47. The quantitative estimate of drug-likeness (QED) is 0.792. The molecule has 2 N–H and O–H groups in total. The second-order valence-electron chi connectivity index (χ2n) is 3.17. The fourth-order valence-corrected chi connectivity index (χ4v) is 1.66. The van der Waals surface area contributed by atoms with Crippen molar-refractivity contribution in [2.75, 3.05) is 12.8 Å². The molecule has 0 unspecified atom stereocenters. The molecule has 0 saturated carbocycles. The number of carbonyl (C=O) groups excluding carboxylic acids is 1. The summed E-state index contributed by atoms with van der Waals surface area (Å²) in [6.07, 6.45) is 0.122. The van der Waals surface area contributed by atoms with Crippen LogP contribution < -0.4 is 5.73 Å². The zero-order valence-corrected chi connectivity index (χ0v) is 9.76. The standard InChI is InChI=1S/C9H14N2O3S/c1-5(2)14-4-6-11-7(8(10)15-6)9(12)13-3/h5H,4,10H2,1-3H3. The van der Waals surface area contributed by atoms with Gasteiger partial charge in [-0.05, 0) is 13.8 Å². The van der Waals surface area contributed by atoms with Crippen molar-refractivity contribution in [3.05, 3.63) is 10.7 Å². The molecule has 1 rings (SSSR count). The molecule has 0 saturated heterocycles. The molecule has 0 aliphatic rings. The van der Waals surface area contributed by atoms with Gasteiger partial charge in [-0.3, -0.25) is 0 Å². The van der Waals surface area contributed by atoms with E-state index in [4.69, 9.17) is 10.5 Å². The zero-order valence-electron chi connectivity index (χ0n) is 8.94. The van der Waals surface area contributed by atoms with Crippen LogP contribution in [0.2, 0.25) is 0 Å². The van der Waals surface area contributed by atoms with Crippen LogP contribution in [0.25, 0.3) is 0 Å². The van der Waals surface area contributed by atoms with Crippen molar-refractivity contribution in [1.82, 2.24) is 4.98 Å². The van der Waals surface area contributed by atoms with Crippen LogP contribution in [0.3, 0.4) is 0 Å². The van der Waals surface area contributed by atoms with Gasteiger partial charge in [-0.25, -0.2) is 9.78 Å². The highest BCUT2D eigenvalue weighted by atomic mass is 32.1. The maximum Gasteiger partial charge on any atom is 0.359 e. The number of hydrogen-bond acceptors (Lipinski definition) is 6. The number of nitrogen functional groups attached to an aromatic ring is 1. The summed E-state index contributed by atoms with van der Waals surface area (Å²) in [5.41, 5.74) is 5.80. The largest absolute Gasteiger partial charge is 0.464 e. The molecular formula is C9H14N2O3S. The summed E-state index contributed by atoms with van der Waals surface area (Å²) in [5.74, 6) is -0.514. The fourth-order valence-electron chi connectivity index (χ4n) is 0.920. The molecule has 5 nitrogen and oxygen atoms in total. The van der Waals surface area contributed by atoms with Crippen LogP contribution in [-0.2, 0) is 16.1 Å². The Balaban J connectivity index is 2.72. The molecule has 84 valence electrons. The lowest BCUT2D eigenvalue weighted by Gasteiger charge is -2.03. The number of hydrogen-bond donors (Lipinski definition) is 1. The molecule has 1 aromatic heterocycles. The average Bonchev–Trinajstić information content (AvgIpc) is 2.55. The van der Waals surface area contributed by atoms with Crippen LogP contribution in [0, 0.1) is 0 Å². The summed E-state index contributed by atoms with van der Waals surface area (Å²) in [6.45, 7) is 4.22. The second kappa shape index (κ2) is 5.09. The topological polar surface area (TPSA) is 74.4 Å². The van der Waals surface area contributed by atoms with E-state index >= 15 is 0 Å². The molecule has 1 heterocycles. The summed E-state index contributed by atoms with van der Waals surface area (Å²) in [5, 5.41) is 1.05. The molecule has 0 fully saturated rings. The average molecular weight is 230 g/mol. The molecule has 15 heavy (non-hydrogen) atoms. The second-order valence-corrected chi connectivity index (χ2v) is 4.29. The number of ether oxygens (including phenoxy) is 2. The van der Waals surface area contributed by atoms with E-state index < -0.39 is 5.97 Å². The van der Waals surface area contributed by atoms with Crippen molar-refractivity contribution >= 4 is 22.3 Å². The molecule has 0 atom stereocenters. The summed E-state index contributed by atoms with van der Waals surface area (Å²) in [4.78, 5) is 15.2. The highest BCUT2D eigenvalue weighted by molar-refractivity contribution is 7.15. The molecule has 0 radical (unpaired) electrons. The predicted octanol–water partition coefficient (Wildman–Crippen LogP) is 1.44. The van der Waals surface area contributed by atoms with Gasteiger partial charge < -0.3 is 15.2 Å². The summed E-state index contributed by atoms with van der Waals surface area (Å²) in [7, 11) is 1.30. The van der Waals surface area contributed by atoms with Crippen LogP contribution in [0.4, 0.5) is 5.00 Å². The molecule has 0 amide bonds. The first-order valence-corrected chi connectivity index (χ1v) is 5.31. The first-order chi connectivity index (χ1) is 7.04. The van der Waals surface area contributed by atoms with E-state index in [1.54, 1.807) is 0 Å². The third kappa shape index (κ3) is 3.17. The van der Waals surface area contributed by atoms with Crippen molar-refractivity contribution in [2.24, 2.45) is 0 Å². The van der Waals surface area contributed by atoms with Crippen LogP contribution in [0.5, 0.6) is 0 Å². The van der Waals surface area contributed by atoms with Gasteiger partial charge in [0.1, 0.15) is 10.0 Å². The van der Waals surface area contributed by atoms with E-state index in [1.807, 2.05) is 13.8 Å². The monoisotopic (exact) mass is 230 g/mol. The van der Waals surface area contributed by atoms with E-state index in [0.717, 1.165) is 0 Å². The Kier molecular flexibility index (Phi) is 4.05. The molecule has 0 spiro atoms. The van der Waals surface area contributed by atoms with Crippen LogP contribution >= 0.6 is 11.3 Å². The number of thiazole rings is 1. The lowest BCUT2D eigenvalue weighted by Crippen LogP contribution is -2.05. The van der Waals surface area contributed by atoms with Gasteiger partial charge in [0.15, 0.2) is 5.69 Å². The van der Waals surface area contributed by atoms with Crippen LogP contribution in [0.1, 0.15) is 29.3 Å². The highest BCUT2D eigenvalue weighted by Gasteiger charge is 2.16. The Morgan fingerprint density at radius 2 is 2.27 bits per heavy atom. The van der Waals surface area contributed by atoms with Crippen molar-refractivity contribution in [3.63, 3.8) is 0 Å². The Morgan fingerprint density at radius 3 is 2.80 bits per heavy atom. The first kappa shape index (κ1) is 11.9. The Hall–Kier alpha value is -1.14. The van der Waals surface area contributed by atoms with Gasteiger partial charge >= 0.3 is 5.97 Å². The number of rotatable bonds is 4. The van der Waals surface area contributed by atoms with E-state index in [2.05, 4.69) is 9.72 Å². The fraction of sp³-hybridized carbons (Fsp3) is 0.556. The smallest absolute Gasteiger partial charge is 0.359 e. The molecule has 6 heteroatoms. The molecule has 0 aromatic carbocycles. The van der Waals surface area contributed by atoms with Crippen molar-refractivity contribution in [2.45, 2.75) is 26.6 Å². The molecule has 0 aliphatic carbocycles. The maximum absolute atomic E-state index is 11.2. The van der Waals surface area contributed by atoms with E-state index in [9.17, 15) is 4.79 Å². The molecule has 0 bridgehead atoms. The minimum Gasteiger partial charge on any atom is -0.464 e. The number of anilines is 1. The van der Waals surface area contributed by atoms with Gasteiger partial charge in [-0.1, -0.05) is 11.3 Å². The number of aromatic nitrogens is 1. The van der Waals surface area contributed by atoms with Gasteiger partial charge in [0, 0.05) is 0 Å². The minimum absolute atomic E-state index is 0.122. The Bertz CT molecular complexity index is 349. The number of esters is 1. The van der Waals surface area contributed by atoms with E-state index in [-0.39, 0.29) is 11.8 Å². The minimum atomic E-state index is -0.514. The maximum atomic E-state index is 11.2. The van der Waals surface area contributed by atoms with Gasteiger partial charge in [-0.2, -0.15) is 0 Å². The number of nitrogens with zero attached hydrogens (tertiary/aromatic N) is 1. The number of methoxy groups -OCH3 is 1. The first-order valence-electron chi connectivity index (χ1n) is 4.49. The van der Waals surface area contributed by atoms with E-state index in [0.29, 0.717) is 16.6 Å². The van der Waals surface area contributed by atoms with Gasteiger partial charge in [0.25, 0.3) is 0 Å². The van der Waals surface area contributed by atoms with Crippen LogP contribution in [0.15, 0.2) is 0 Å². The number of nitrogens with two attached hydrogens (primary N) is 1. The SMILES string of the molecule is COC(=O)c1nc(COC(C)C)sc1N. The normalized spacial score (nSPS) is 10.7. The van der Waals surface area contributed by atoms with E-state index in [1.165, 1.54) is 18.4 Å².